The van der Waals surface area contributed by atoms with Crippen molar-refractivity contribution in [1.82, 2.24) is 14.7 Å². The number of alkyl halides is 6. The number of carbonyl (C=O) groups is 1. The second kappa shape index (κ2) is 13.3. The van der Waals surface area contributed by atoms with E-state index in [1.54, 1.807) is 19.1 Å². The molecule has 242 valence electrons. The Morgan fingerprint density at radius 2 is 1.44 bits per heavy atom. The van der Waals surface area contributed by atoms with Gasteiger partial charge in [-0.25, -0.2) is 0 Å². The van der Waals surface area contributed by atoms with E-state index in [2.05, 4.69) is 9.80 Å². The highest BCUT2D eigenvalue weighted by Gasteiger charge is 2.42. The predicted octanol–water partition coefficient (Wildman–Crippen LogP) is 6.16. The monoisotopic (exact) mass is 634 g/mol. The lowest BCUT2D eigenvalue weighted by molar-refractivity contribution is -0.143. The number of piperazine rings is 1. The Hall–Kier alpha value is -3.77. The molecule has 0 radical (unpaired) electrons. The second-order valence-corrected chi connectivity index (χ2v) is 11.6. The molecule has 0 bridgehead atoms. The van der Waals surface area contributed by atoms with Gasteiger partial charge in [-0.2, -0.15) is 26.3 Å². The summed E-state index contributed by atoms with van der Waals surface area (Å²) in [5, 5.41) is 0. The van der Waals surface area contributed by atoms with Crippen molar-refractivity contribution in [1.29, 1.82) is 0 Å². The molecule has 1 amide bonds. The van der Waals surface area contributed by atoms with Gasteiger partial charge >= 0.3 is 12.4 Å². The average Bonchev–Trinajstić information content (AvgIpc) is 3.44. The van der Waals surface area contributed by atoms with Gasteiger partial charge < -0.3 is 14.5 Å². The summed E-state index contributed by atoms with van der Waals surface area (Å²) in [5.41, 5.74) is -0.788. The average molecular weight is 635 g/mol. The number of rotatable bonds is 8. The molecule has 3 aromatic carbocycles. The Labute approximate surface area is 258 Å². The first-order valence-electron chi connectivity index (χ1n) is 14.8. The Morgan fingerprint density at radius 1 is 0.844 bits per heavy atom. The highest BCUT2D eigenvalue weighted by molar-refractivity contribution is 5.82. The van der Waals surface area contributed by atoms with Crippen molar-refractivity contribution in [3.8, 4) is 5.75 Å². The Morgan fingerprint density at radius 3 is 2.04 bits per heavy atom. The van der Waals surface area contributed by atoms with Gasteiger partial charge in [0.2, 0.25) is 5.91 Å². The first-order valence-corrected chi connectivity index (χ1v) is 14.8. The summed E-state index contributed by atoms with van der Waals surface area (Å²) >= 11 is 0. The highest BCUT2D eigenvalue weighted by atomic mass is 19.4. The summed E-state index contributed by atoms with van der Waals surface area (Å²) in [6.45, 7) is 3.07. The number of hydrogen-bond acceptors (Lipinski definition) is 5. The van der Waals surface area contributed by atoms with E-state index in [0.29, 0.717) is 45.7 Å². The number of nitrogens with zero attached hydrogens (tertiary/aromatic N) is 4. The lowest BCUT2D eigenvalue weighted by Crippen LogP contribution is -2.53. The molecule has 0 saturated carbocycles. The van der Waals surface area contributed by atoms with E-state index in [1.165, 1.54) is 0 Å². The zero-order valence-corrected chi connectivity index (χ0v) is 25.1. The SMILES string of the molecule is COc1ccccc1N1CCN(C(=O)C2CC(N(C)Cc3cc(C(F)(F)F)cc(C(F)(F)F)c3)CN2Cc2ccccc2)CC1. The van der Waals surface area contributed by atoms with Gasteiger partial charge in [-0.3, -0.25) is 14.6 Å². The molecular formula is C33H36F6N4O2. The van der Waals surface area contributed by atoms with Crippen LogP contribution in [0.4, 0.5) is 32.0 Å². The molecule has 0 aliphatic carbocycles. The van der Waals surface area contributed by atoms with E-state index in [9.17, 15) is 31.1 Å². The van der Waals surface area contributed by atoms with Crippen LogP contribution in [0.2, 0.25) is 0 Å². The molecule has 0 spiro atoms. The predicted molar refractivity (Wildman–Crippen MR) is 159 cm³/mol. The van der Waals surface area contributed by atoms with Crippen LogP contribution in [0.3, 0.4) is 0 Å². The van der Waals surface area contributed by atoms with Crippen LogP contribution in [0.25, 0.3) is 0 Å². The van der Waals surface area contributed by atoms with E-state index in [1.807, 2.05) is 59.5 Å². The maximum Gasteiger partial charge on any atom is 0.416 e. The Kier molecular flexibility index (Phi) is 9.64. The summed E-state index contributed by atoms with van der Waals surface area (Å²) in [4.78, 5) is 21.8. The molecule has 2 aliphatic heterocycles. The van der Waals surface area contributed by atoms with Gasteiger partial charge in [-0.05, 0) is 54.9 Å². The fourth-order valence-corrected chi connectivity index (χ4v) is 6.25. The van der Waals surface area contributed by atoms with Crippen molar-refractivity contribution < 1.29 is 35.9 Å². The number of ether oxygens (including phenoxy) is 1. The van der Waals surface area contributed by atoms with Crippen molar-refractivity contribution in [2.45, 2.75) is 43.9 Å². The van der Waals surface area contributed by atoms with Crippen LogP contribution in [-0.4, -0.2) is 79.6 Å². The minimum Gasteiger partial charge on any atom is -0.495 e. The molecule has 2 heterocycles. The number of methoxy groups -OCH3 is 1. The molecular weight excluding hydrogens is 598 g/mol. The largest absolute Gasteiger partial charge is 0.495 e. The zero-order valence-electron chi connectivity index (χ0n) is 25.1. The molecule has 6 nitrogen and oxygen atoms in total. The van der Waals surface area contributed by atoms with Gasteiger partial charge in [-0.15, -0.1) is 0 Å². The number of anilines is 1. The number of halogens is 6. The number of likely N-dealkylation sites (tertiary alicyclic amines) is 1. The van der Waals surface area contributed by atoms with Crippen LogP contribution in [-0.2, 0) is 30.2 Å². The van der Waals surface area contributed by atoms with Gasteiger partial charge in [0.05, 0.1) is 30.0 Å². The van der Waals surface area contributed by atoms with Gasteiger partial charge in [-0.1, -0.05) is 42.5 Å². The molecule has 2 unspecified atom stereocenters. The standard InChI is InChI=1S/C33H36F6N4O2/c1-40(20-24-16-25(32(34,35)36)18-26(17-24)33(37,38)39)27-19-29(43(22-27)21-23-8-4-3-5-9-23)31(44)42-14-12-41(13-15-42)28-10-6-7-11-30(28)45-2/h3-11,16-18,27,29H,12-15,19-22H2,1-2H3. The van der Waals surface area contributed by atoms with Gasteiger partial charge in [0, 0.05) is 51.9 Å². The number of carbonyl (C=O) groups excluding carboxylic acids is 1. The zero-order chi connectivity index (χ0) is 32.4. The third kappa shape index (κ3) is 7.73. The molecule has 2 atom stereocenters. The second-order valence-electron chi connectivity index (χ2n) is 11.6. The minimum absolute atomic E-state index is 0.0278. The van der Waals surface area contributed by atoms with Gasteiger partial charge in [0.1, 0.15) is 5.75 Å². The van der Waals surface area contributed by atoms with E-state index < -0.39 is 29.5 Å². The van der Waals surface area contributed by atoms with E-state index >= 15 is 0 Å². The van der Waals surface area contributed by atoms with Gasteiger partial charge in [0.25, 0.3) is 0 Å². The summed E-state index contributed by atoms with van der Waals surface area (Å²) in [6, 6.07) is 18.3. The summed E-state index contributed by atoms with van der Waals surface area (Å²) < 4.78 is 86.3. The van der Waals surface area contributed by atoms with Crippen molar-refractivity contribution in [3.63, 3.8) is 0 Å². The first-order chi connectivity index (χ1) is 21.3. The quantitative estimate of drug-likeness (QED) is 0.278. The van der Waals surface area contributed by atoms with Crippen LogP contribution in [0.1, 0.15) is 28.7 Å². The van der Waals surface area contributed by atoms with E-state index in [-0.39, 0.29) is 30.1 Å². The maximum atomic E-state index is 14.0. The number of para-hydroxylation sites is 2. The van der Waals surface area contributed by atoms with Crippen LogP contribution in [0, 0.1) is 0 Å². The van der Waals surface area contributed by atoms with E-state index in [4.69, 9.17) is 4.74 Å². The normalized spacial score (nSPS) is 19.8. The highest BCUT2D eigenvalue weighted by Crippen LogP contribution is 2.37. The topological polar surface area (TPSA) is 39.3 Å². The smallest absolute Gasteiger partial charge is 0.416 e. The minimum atomic E-state index is -4.92. The number of benzene rings is 3. The molecule has 3 aromatic rings. The van der Waals surface area contributed by atoms with Gasteiger partial charge in [0.15, 0.2) is 0 Å². The Balaban J connectivity index is 1.32. The molecule has 5 rings (SSSR count). The number of hydrogen-bond donors (Lipinski definition) is 0. The van der Waals surface area contributed by atoms with Crippen LogP contribution in [0.5, 0.6) is 5.75 Å². The van der Waals surface area contributed by atoms with Crippen LogP contribution in [0.15, 0.2) is 72.8 Å². The third-order valence-corrected chi connectivity index (χ3v) is 8.61. The van der Waals surface area contributed by atoms with Crippen molar-refractivity contribution in [2.75, 3.05) is 51.8 Å². The molecule has 12 heteroatoms. The molecule has 0 N–H and O–H groups in total. The lowest BCUT2D eigenvalue weighted by atomic mass is 10.0. The van der Waals surface area contributed by atoms with Crippen LogP contribution < -0.4 is 9.64 Å². The summed E-state index contributed by atoms with van der Waals surface area (Å²) in [7, 11) is 3.30. The van der Waals surface area contributed by atoms with Crippen molar-refractivity contribution in [2.24, 2.45) is 0 Å². The molecule has 0 aromatic heterocycles. The number of likely N-dealkylation sites (N-methyl/N-ethyl adjacent to an activating group) is 1. The Bertz CT molecular complexity index is 1430. The summed E-state index contributed by atoms with van der Waals surface area (Å²) in [6.07, 6.45) is -9.43. The van der Waals surface area contributed by atoms with Crippen molar-refractivity contribution in [3.05, 3.63) is 95.1 Å². The first kappa shape index (κ1) is 32.6. The molecule has 2 aliphatic rings. The lowest BCUT2D eigenvalue weighted by Gasteiger charge is -2.38. The number of amides is 1. The molecule has 2 saturated heterocycles. The fourth-order valence-electron chi connectivity index (χ4n) is 6.25. The van der Waals surface area contributed by atoms with Crippen LogP contribution >= 0.6 is 0 Å². The maximum absolute atomic E-state index is 14.0. The fraction of sp³-hybridized carbons (Fsp3) is 0.424. The van der Waals surface area contributed by atoms with Crippen molar-refractivity contribution >= 4 is 11.6 Å². The third-order valence-electron chi connectivity index (χ3n) is 8.61. The molecule has 45 heavy (non-hydrogen) atoms. The van der Waals surface area contributed by atoms with E-state index in [0.717, 1.165) is 29.1 Å². The summed E-state index contributed by atoms with van der Waals surface area (Å²) in [5.74, 6) is 0.732. The molecule has 2 fully saturated rings.